The number of hydrogen-bond acceptors (Lipinski definition) is 4. The van der Waals surface area contributed by atoms with E-state index in [9.17, 15) is 0 Å². The quantitative estimate of drug-likeness (QED) is 0.847. The second-order valence-corrected chi connectivity index (χ2v) is 6.82. The van der Waals surface area contributed by atoms with Gasteiger partial charge in [0.15, 0.2) is 0 Å². The summed E-state index contributed by atoms with van der Waals surface area (Å²) in [6, 6.07) is 8.27. The van der Waals surface area contributed by atoms with Gasteiger partial charge in [-0.25, -0.2) is 0 Å². The molecule has 0 aromatic heterocycles. The molecule has 1 aliphatic heterocycles. The van der Waals surface area contributed by atoms with E-state index in [1.165, 1.54) is 5.56 Å². The molecule has 0 atom stereocenters. The van der Waals surface area contributed by atoms with Crippen LogP contribution in [0.25, 0.3) is 0 Å². The number of thiocarbonyl (C=S) groups is 1. The largest absolute Gasteiger partial charge is 0.497 e. The fourth-order valence-corrected chi connectivity index (χ4v) is 3.90. The topological polar surface area (TPSA) is 38.5 Å². The van der Waals surface area contributed by atoms with Gasteiger partial charge in [0.05, 0.1) is 16.8 Å². The summed E-state index contributed by atoms with van der Waals surface area (Å²) >= 11 is 7.05. The van der Waals surface area contributed by atoms with Crippen molar-refractivity contribution in [3.05, 3.63) is 29.8 Å². The van der Waals surface area contributed by atoms with Crippen LogP contribution in [0.2, 0.25) is 0 Å². The number of hydrogen-bond donors (Lipinski definition) is 1. The van der Waals surface area contributed by atoms with Crippen molar-refractivity contribution in [2.45, 2.75) is 24.1 Å². The van der Waals surface area contributed by atoms with Crippen LogP contribution in [0, 0.1) is 0 Å². The number of nitrogens with zero attached hydrogens (tertiary/aromatic N) is 1. The van der Waals surface area contributed by atoms with Gasteiger partial charge < -0.3 is 10.5 Å². The van der Waals surface area contributed by atoms with E-state index in [0.717, 1.165) is 38.2 Å². The molecule has 2 N–H and O–H groups in total. The third kappa shape index (κ3) is 3.45. The summed E-state index contributed by atoms with van der Waals surface area (Å²) in [6.07, 6.45) is 4.18. The van der Waals surface area contributed by atoms with E-state index in [1.807, 2.05) is 12.1 Å². The minimum atomic E-state index is 0.000210. The minimum absolute atomic E-state index is 0.000210. The van der Waals surface area contributed by atoms with Crippen molar-refractivity contribution in [1.82, 2.24) is 4.90 Å². The summed E-state index contributed by atoms with van der Waals surface area (Å²) in [5, 5.41) is 0. The molecule has 1 aromatic rings. The first kappa shape index (κ1) is 15.6. The molecular weight excluding hydrogens is 288 g/mol. The van der Waals surface area contributed by atoms with Crippen LogP contribution in [0.3, 0.4) is 0 Å². The van der Waals surface area contributed by atoms with Crippen LogP contribution >= 0.6 is 24.0 Å². The van der Waals surface area contributed by atoms with Crippen LogP contribution in [0.4, 0.5) is 0 Å². The molecule has 1 fully saturated rings. The predicted octanol–water partition coefficient (Wildman–Crippen LogP) is 2.68. The Morgan fingerprint density at radius 1 is 1.45 bits per heavy atom. The SMILES string of the molecule is COc1cccc(CN2CCC(SC)(C(N)=S)CC2)c1. The Morgan fingerprint density at radius 3 is 2.70 bits per heavy atom. The first-order valence-corrected chi connectivity index (χ1v) is 8.43. The van der Waals surface area contributed by atoms with Gasteiger partial charge >= 0.3 is 0 Å². The molecule has 0 radical (unpaired) electrons. The van der Waals surface area contributed by atoms with Crippen LogP contribution in [-0.2, 0) is 6.54 Å². The molecule has 5 heteroatoms. The average Bonchev–Trinajstić information content (AvgIpc) is 2.48. The molecule has 3 nitrogen and oxygen atoms in total. The summed E-state index contributed by atoms with van der Waals surface area (Å²) in [5.41, 5.74) is 7.21. The number of benzene rings is 1. The lowest BCUT2D eigenvalue weighted by molar-refractivity contribution is 0.212. The van der Waals surface area contributed by atoms with E-state index in [0.29, 0.717) is 4.99 Å². The van der Waals surface area contributed by atoms with Crippen molar-refractivity contribution in [3.8, 4) is 5.75 Å². The summed E-state index contributed by atoms with van der Waals surface area (Å²) < 4.78 is 5.27. The highest BCUT2D eigenvalue weighted by Crippen LogP contribution is 2.35. The van der Waals surface area contributed by atoms with Gasteiger partial charge in [-0.1, -0.05) is 24.4 Å². The Kier molecular flexibility index (Phi) is 5.29. The lowest BCUT2D eigenvalue weighted by Crippen LogP contribution is -2.48. The van der Waals surface area contributed by atoms with Crippen LogP contribution in [0.15, 0.2) is 24.3 Å². The molecule has 0 amide bonds. The summed E-state index contributed by atoms with van der Waals surface area (Å²) in [7, 11) is 1.70. The molecule has 0 saturated carbocycles. The third-order valence-electron chi connectivity index (χ3n) is 4.04. The molecule has 110 valence electrons. The van der Waals surface area contributed by atoms with Gasteiger partial charge in [-0.05, 0) is 36.8 Å². The third-order valence-corrected chi connectivity index (χ3v) is 5.97. The van der Waals surface area contributed by atoms with Crippen molar-refractivity contribution in [2.75, 3.05) is 26.5 Å². The number of methoxy groups -OCH3 is 1. The molecule has 20 heavy (non-hydrogen) atoms. The second kappa shape index (κ2) is 6.78. The van der Waals surface area contributed by atoms with Crippen molar-refractivity contribution in [1.29, 1.82) is 0 Å². The Morgan fingerprint density at radius 2 is 2.15 bits per heavy atom. The van der Waals surface area contributed by atoms with E-state index < -0.39 is 0 Å². The van der Waals surface area contributed by atoms with Crippen molar-refractivity contribution in [2.24, 2.45) is 5.73 Å². The Bertz CT molecular complexity index is 471. The molecular formula is C15H22N2OS2. The zero-order valence-electron chi connectivity index (χ0n) is 12.1. The average molecular weight is 310 g/mol. The lowest BCUT2D eigenvalue weighted by Gasteiger charge is -2.40. The van der Waals surface area contributed by atoms with E-state index in [-0.39, 0.29) is 4.75 Å². The number of ether oxygens (including phenoxy) is 1. The molecule has 1 heterocycles. The molecule has 0 bridgehead atoms. The number of nitrogens with two attached hydrogens (primary N) is 1. The smallest absolute Gasteiger partial charge is 0.119 e. The molecule has 0 aliphatic carbocycles. The van der Waals surface area contributed by atoms with E-state index in [4.69, 9.17) is 22.7 Å². The van der Waals surface area contributed by atoms with Gasteiger partial charge in [0.2, 0.25) is 0 Å². The van der Waals surface area contributed by atoms with E-state index in [1.54, 1.807) is 18.9 Å². The summed E-state index contributed by atoms with van der Waals surface area (Å²) in [5.74, 6) is 0.918. The first-order valence-electron chi connectivity index (χ1n) is 6.80. The summed E-state index contributed by atoms with van der Waals surface area (Å²) in [4.78, 5) is 3.12. The van der Waals surface area contributed by atoms with Gasteiger partial charge in [0.25, 0.3) is 0 Å². The van der Waals surface area contributed by atoms with Crippen molar-refractivity contribution < 1.29 is 4.74 Å². The van der Waals surface area contributed by atoms with Gasteiger partial charge in [0, 0.05) is 19.6 Å². The van der Waals surface area contributed by atoms with E-state index >= 15 is 0 Å². The molecule has 1 aliphatic rings. The number of piperidine rings is 1. The normalized spacial score (nSPS) is 18.7. The molecule has 0 spiro atoms. The molecule has 1 aromatic carbocycles. The Labute approximate surface area is 130 Å². The fourth-order valence-electron chi connectivity index (χ4n) is 2.65. The number of likely N-dealkylation sites (tertiary alicyclic amines) is 1. The maximum Gasteiger partial charge on any atom is 0.119 e. The standard InChI is InChI=1S/C15H22N2OS2/c1-18-13-5-3-4-12(10-13)11-17-8-6-15(20-2,7-9-17)14(16)19/h3-5,10H,6-9,11H2,1-2H3,(H2,16,19). The maximum atomic E-state index is 5.92. The van der Waals surface area contributed by atoms with E-state index in [2.05, 4.69) is 23.3 Å². The van der Waals surface area contributed by atoms with Gasteiger partial charge in [0.1, 0.15) is 5.75 Å². The highest BCUT2D eigenvalue weighted by Gasteiger charge is 2.36. The monoisotopic (exact) mass is 310 g/mol. The first-order chi connectivity index (χ1) is 9.59. The van der Waals surface area contributed by atoms with Gasteiger partial charge in [-0.2, -0.15) is 11.8 Å². The highest BCUT2D eigenvalue weighted by atomic mass is 32.2. The van der Waals surface area contributed by atoms with Crippen molar-refractivity contribution in [3.63, 3.8) is 0 Å². The predicted molar refractivity (Wildman–Crippen MR) is 90.5 cm³/mol. The fraction of sp³-hybridized carbons (Fsp3) is 0.533. The Balaban J connectivity index is 1.95. The van der Waals surface area contributed by atoms with Crippen molar-refractivity contribution >= 4 is 29.0 Å². The van der Waals surface area contributed by atoms with Crippen LogP contribution < -0.4 is 10.5 Å². The highest BCUT2D eigenvalue weighted by molar-refractivity contribution is 8.02. The van der Waals surface area contributed by atoms with Gasteiger partial charge in [-0.3, -0.25) is 4.90 Å². The number of thioether (sulfide) groups is 1. The molecule has 2 rings (SSSR count). The maximum absolute atomic E-state index is 5.92. The molecule has 1 saturated heterocycles. The van der Waals surface area contributed by atoms with Gasteiger partial charge in [-0.15, -0.1) is 0 Å². The van der Waals surface area contributed by atoms with Crippen LogP contribution in [0.1, 0.15) is 18.4 Å². The zero-order chi connectivity index (χ0) is 14.6. The zero-order valence-corrected chi connectivity index (χ0v) is 13.7. The number of rotatable bonds is 5. The lowest BCUT2D eigenvalue weighted by atomic mass is 9.95. The minimum Gasteiger partial charge on any atom is -0.497 e. The van der Waals surface area contributed by atoms with Crippen LogP contribution in [0.5, 0.6) is 5.75 Å². The summed E-state index contributed by atoms with van der Waals surface area (Å²) in [6.45, 7) is 3.03. The Hall–Kier alpha value is -0.780. The molecule has 0 unspecified atom stereocenters. The second-order valence-electron chi connectivity index (χ2n) is 5.19. The van der Waals surface area contributed by atoms with Crippen LogP contribution in [-0.4, -0.2) is 41.1 Å².